The van der Waals surface area contributed by atoms with Crippen molar-refractivity contribution in [3.8, 4) is 22.7 Å². The van der Waals surface area contributed by atoms with E-state index in [9.17, 15) is 4.79 Å². The van der Waals surface area contributed by atoms with Gasteiger partial charge in [0.25, 0.3) is 5.91 Å². The number of nitrogens with zero attached hydrogens (tertiary/aromatic N) is 2. The number of hydrogen-bond acceptors (Lipinski definition) is 3. The van der Waals surface area contributed by atoms with Crippen molar-refractivity contribution in [2.24, 2.45) is 0 Å². The van der Waals surface area contributed by atoms with Crippen LogP contribution in [0.4, 0.5) is 0 Å². The molecule has 144 valence electrons. The molecule has 5 heteroatoms. The summed E-state index contributed by atoms with van der Waals surface area (Å²) in [6.07, 6.45) is 1.96. The lowest BCUT2D eigenvalue weighted by Gasteiger charge is -2.06. The van der Waals surface area contributed by atoms with Gasteiger partial charge in [0.15, 0.2) is 0 Å². The molecule has 4 aromatic rings. The maximum Gasteiger partial charge on any atom is 0.251 e. The Morgan fingerprint density at radius 3 is 2.24 bits per heavy atom. The van der Waals surface area contributed by atoms with Gasteiger partial charge in [-0.1, -0.05) is 48.5 Å². The van der Waals surface area contributed by atoms with E-state index in [2.05, 4.69) is 5.32 Å². The Kier molecular flexibility index (Phi) is 5.38. The van der Waals surface area contributed by atoms with Gasteiger partial charge in [0.1, 0.15) is 5.75 Å². The monoisotopic (exact) mass is 383 g/mol. The van der Waals surface area contributed by atoms with Crippen molar-refractivity contribution >= 4 is 5.91 Å². The van der Waals surface area contributed by atoms with Crippen molar-refractivity contribution in [2.45, 2.75) is 6.54 Å². The average molecular weight is 383 g/mol. The summed E-state index contributed by atoms with van der Waals surface area (Å²) in [5, 5.41) is 7.77. The zero-order chi connectivity index (χ0) is 20.1. The van der Waals surface area contributed by atoms with Gasteiger partial charge in [-0.05, 0) is 36.4 Å². The first-order valence-electron chi connectivity index (χ1n) is 9.36. The van der Waals surface area contributed by atoms with Crippen LogP contribution in [0.3, 0.4) is 0 Å². The summed E-state index contributed by atoms with van der Waals surface area (Å²) in [5.41, 5.74) is 4.36. The van der Waals surface area contributed by atoms with E-state index < -0.39 is 0 Å². The Hall–Kier alpha value is -3.86. The molecule has 1 aromatic heterocycles. The lowest BCUT2D eigenvalue weighted by molar-refractivity contribution is 0.0951. The molecule has 0 radical (unpaired) electrons. The second kappa shape index (κ2) is 8.44. The van der Waals surface area contributed by atoms with E-state index in [1.165, 1.54) is 0 Å². The Morgan fingerprint density at radius 2 is 1.59 bits per heavy atom. The van der Waals surface area contributed by atoms with E-state index in [1.807, 2.05) is 71.5 Å². The van der Waals surface area contributed by atoms with Crippen LogP contribution in [0.2, 0.25) is 0 Å². The molecule has 0 aliphatic rings. The maximum atomic E-state index is 12.6. The Balaban J connectivity index is 1.60. The third kappa shape index (κ3) is 4.19. The topological polar surface area (TPSA) is 56.1 Å². The highest BCUT2D eigenvalue weighted by Crippen LogP contribution is 2.23. The molecule has 3 aromatic carbocycles. The van der Waals surface area contributed by atoms with Crippen LogP contribution in [0, 0.1) is 0 Å². The number of carbonyl (C=O) groups excluding carboxylic acids is 1. The minimum Gasteiger partial charge on any atom is -0.497 e. The molecule has 0 saturated heterocycles. The number of amides is 1. The largest absolute Gasteiger partial charge is 0.497 e. The van der Waals surface area contributed by atoms with Crippen LogP contribution in [0.25, 0.3) is 16.9 Å². The van der Waals surface area contributed by atoms with E-state index in [0.29, 0.717) is 12.1 Å². The Morgan fingerprint density at radius 1 is 0.931 bits per heavy atom. The van der Waals surface area contributed by atoms with Crippen molar-refractivity contribution < 1.29 is 9.53 Å². The fourth-order valence-electron chi connectivity index (χ4n) is 3.11. The molecule has 29 heavy (non-hydrogen) atoms. The Bertz CT molecular complexity index is 1090. The smallest absolute Gasteiger partial charge is 0.251 e. The molecule has 5 nitrogen and oxygen atoms in total. The van der Waals surface area contributed by atoms with Crippen LogP contribution in [-0.4, -0.2) is 22.8 Å². The van der Waals surface area contributed by atoms with Gasteiger partial charge in [-0.3, -0.25) is 4.79 Å². The van der Waals surface area contributed by atoms with Gasteiger partial charge in [-0.2, -0.15) is 5.10 Å². The molecule has 4 rings (SSSR count). The van der Waals surface area contributed by atoms with Gasteiger partial charge in [0, 0.05) is 29.4 Å². The lowest BCUT2D eigenvalue weighted by Crippen LogP contribution is -2.22. The third-order valence-corrected chi connectivity index (χ3v) is 4.65. The number of benzene rings is 3. The molecule has 0 saturated carbocycles. The fraction of sp³-hybridized carbons (Fsp3) is 0.0833. The molecule has 1 heterocycles. The van der Waals surface area contributed by atoms with Crippen molar-refractivity contribution in [2.75, 3.05) is 7.11 Å². The Labute approximate surface area is 169 Å². The summed E-state index contributed by atoms with van der Waals surface area (Å²) in [6.45, 7) is 0.377. The lowest BCUT2D eigenvalue weighted by atomic mass is 10.1. The number of ether oxygens (including phenoxy) is 1. The first kappa shape index (κ1) is 18.5. The maximum absolute atomic E-state index is 12.6. The number of para-hydroxylation sites is 1. The van der Waals surface area contributed by atoms with Crippen molar-refractivity contribution in [3.05, 3.63) is 102 Å². The van der Waals surface area contributed by atoms with E-state index in [1.54, 1.807) is 31.4 Å². The van der Waals surface area contributed by atoms with Gasteiger partial charge in [0.2, 0.25) is 0 Å². The predicted octanol–water partition coefficient (Wildman–Crippen LogP) is 4.48. The molecule has 0 fully saturated rings. The summed E-state index contributed by atoms with van der Waals surface area (Å²) >= 11 is 0. The van der Waals surface area contributed by atoms with Crippen LogP contribution in [0.1, 0.15) is 15.9 Å². The molecule has 1 amide bonds. The highest BCUT2D eigenvalue weighted by molar-refractivity contribution is 5.94. The van der Waals surface area contributed by atoms with Gasteiger partial charge in [0.05, 0.1) is 18.5 Å². The van der Waals surface area contributed by atoms with E-state index in [-0.39, 0.29) is 5.91 Å². The SMILES string of the molecule is COc1ccc(C(=O)NCc2cn(-c3ccccc3)nc2-c2ccccc2)cc1. The standard InChI is InChI=1S/C24H21N3O2/c1-29-22-14-12-19(13-15-22)24(28)25-16-20-17-27(21-10-6-3-7-11-21)26-23(20)18-8-4-2-5-9-18/h2-15,17H,16H2,1H3,(H,25,28). The summed E-state index contributed by atoms with van der Waals surface area (Å²) in [4.78, 5) is 12.6. The summed E-state index contributed by atoms with van der Waals surface area (Å²) in [5.74, 6) is 0.580. The minimum atomic E-state index is -0.140. The molecular weight excluding hydrogens is 362 g/mol. The molecule has 0 aliphatic heterocycles. The zero-order valence-corrected chi connectivity index (χ0v) is 16.1. The molecule has 0 aliphatic carbocycles. The van der Waals surface area contributed by atoms with Gasteiger partial charge in [-0.25, -0.2) is 4.68 Å². The quantitative estimate of drug-likeness (QED) is 0.534. The molecule has 0 unspecified atom stereocenters. The van der Waals surface area contributed by atoms with E-state index >= 15 is 0 Å². The van der Waals surface area contributed by atoms with Gasteiger partial charge in [-0.15, -0.1) is 0 Å². The molecule has 0 spiro atoms. The zero-order valence-electron chi connectivity index (χ0n) is 16.1. The molecular formula is C24H21N3O2. The van der Waals surface area contributed by atoms with E-state index in [0.717, 1.165) is 28.3 Å². The first-order valence-corrected chi connectivity index (χ1v) is 9.36. The summed E-state index contributed by atoms with van der Waals surface area (Å²) in [7, 11) is 1.60. The number of methoxy groups -OCH3 is 1. The molecule has 1 N–H and O–H groups in total. The number of carbonyl (C=O) groups is 1. The second-order valence-electron chi connectivity index (χ2n) is 6.56. The summed E-state index contributed by atoms with van der Waals surface area (Å²) < 4.78 is 6.99. The minimum absolute atomic E-state index is 0.140. The molecule has 0 bridgehead atoms. The van der Waals surface area contributed by atoms with Crippen molar-refractivity contribution in [3.63, 3.8) is 0 Å². The third-order valence-electron chi connectivity index (χ3n) is 4.65. The molecule has 0 atom stereocenters. The second-order valence-corrected chi connectivity index (χ2v) is 6.56. The number of rotatable bonds is 6. The first-order chi connectivity index (χ1) is 14.2. The van der Waals surface area contributed by atoms with Crippen molar-refractivity contribution in [1.29, 1.82) is 0 Å². The van der Waals surface area contributed by atoms with Gasteiger partial charge >= 0.3 is 0 Å². The van der Waals surface area contributed by atoms with Crippen LogP contribution in [0.5, 0.6) is 5.75 Å². The van der Waals surface area contributed by atoms with Crippen molar-refractivity contribution in [1.82, 2.24) is 15.1 Å². The summed E-state index contributed by atoms with van der Waals surface area (Å²) in [6, 6.07) is 27.0. The fourth-order valence-corrected chi connectivity index (χ4v) is 3.11. The van der Waals surface area contributed by atoms with Crippen LogP contribution in [0.15, 0.2) is 91.1 Å². The predicted molar refractivity (Wildman–Crippen MR) is 113 cm³/mol. The number of aromatic nitrogens is 2. The number of hydrogen-bond donors (Lipinski definition) is 1. The van der Waals surface area contributed by atoms with Crippen LogP contribution in [-0.2, 0) is 6.54 Å². The highest BCUT2D eigenvalue weighted by Gasteiger charge is 2.14. The van der Waals surface area contributed by atoms with Gasteiger partial charge < -0.3 is 10.1 Å². The average Bonchev–Trinajstić information content (AvgIpc) is 3.23. The van der Waals surface area contributed by atoms with E-state index in [4.69, 9.17) is 9.84 Å². The normalized spacial score (nSPS) is 10.5. The van der Waals surface area contributed by atoms with Crippen LogP contribution < -0.4 is 10.1 Å². The number of nitrogens with one attached hydrogen (secondary N) is 1. The van der Waals surface area contributed by atoms with Crippen LogP contribution >= 0.6 is 0 Å². The highest BCUT2D eigenvalue weighted by atomic mass is 16.5.